The van der Waals surface area contributed by atoms with Crippen LogP contribution >= 0.6 is 0 Å². The van der Waals surface area contributed by atoms with Crippen LogP contribution in [0.5, 0.6) is 0 Å². The van der Waals surface area contributed by atoms with Gasteiger partial charge in [-0.15, -0.1) is 0 Å². The van der Waals surface area contributed by atoms with E-state index in [1.54, 1.807) is 0 Å². The second-order valence-electron chi connectivity index (χ2n) is 4.76. The van der Waals surface area contributed by atoms with Crippen LogP contribution in [0.4, 0.5) is 11.6 Å². The largest absolute Gasteiger partial charge is 0.739 e. The zero-order valence-corrected chi connectivity index (χ0v) is 11.7. The van der Waals surface area contributed by atoms with E-state index in [1.165, 1.54) is 6.07 Å². The summed E-state index contributed by atoms with van der Waals surface area (Å²) in [7, 11) is 0. The second-order valence-corrected chi connectivity index (χ2v) is 4.76. The van der Waals surface area contributed by atoms with E-state index in [0.29, 0.717) is 11.3 Å². The minimum absolute atomic E-state index is 0.00355. The van der Waals surface area contributed by atoms with Crippen LogP contribution < -0.4 is 14.9 Å². The van der Waals surface area contributed by atoms with Crippen LogP contribution in [-0.2, 0) is 6.54 Å². The van der Waals surface area contributed by atoms with Gasteiger partial charge < -0.3 is 10.4 Å². The molecule has 0 aliphatic heterocycles. The summed E-state index contributed by atoms with van der Waals surface area (Å²) < 4.78 is 0.441. The lowest BCUT2D eigenvalue weighted by Crippen LogP contribution is -2.44. The van der Waals surface area contributed by atoms with Gasteiger partial charge >= 0.3 is 11.5 Å². The van der Waals surface area contributed by atoms with Crippen LogP contribution in [0.25, 0.3) is 11.0 Å². The number of hydrogen-bond donors (Lipinski definition) is 1. The minimum atomic E-state index is -0.643. The van der Waals surface area contributed by atoms with Crippen molar-refractivity contribution >= 4 is 22.7 Å². The van der Waals surface area contributed by atoms with Crippen molar-refractivity contribution in [2.75, 3.05) is 5.32 Å². The molecule has 0 spiro atoms. The number of nitrogens with one attached hydrogen (secondary N) is 1. The number of non-ortho nitro benzene ring substituents is 1. The number of nitrogens with zero attached hydrogens (tertiary/aromatic N) is 4. The molecule has 1 N–H and O–H groups in total. The molecule has 0 atom stereocenters. The summed E-state index contributed by atoms with van der Waals surface area (Å²) in [6.07, 6.45) is 0. The third-order valence-corrected chi connectivity index (χ3v) is 3.27. The first-order valence-corrected chi connectivity index (χ1v) is 6.65. The van der Waals surface area contributed by atoms with E-state index in [4.69, 9.17) is 0 Å². The zero-order chi connectivity index (χ0) is 16.4. The van der Waals surface area contributed by atoms with Crippen molar-refractivity contribution in [3.63, 3.8) is 0 Å². The second kappa shape index (κ2) is 5.72. The summed E-state index contributed by atoms with van der Waals surface area (Å²) in [5, 5.41) is 41.3. The monoisotopic (exact) mass is 313 g/mol. The molecule has 1 aromatic heterocycles. The number of benzene rings is 2. The third kappa shape index (κ3) is 2.79. The molecule has 0 unspecified atom stereocenters. The number of aromatic nitrogens is 3. The number of nitro groups is 1. The van der Waals surface area contributed by atoms with Gasteiger partial charge in [-0.2, -0.15) is 0 Å². The maximum Gasteiger partial charge on any atom is 0.461 e. The van der Waals surface area contributed by atoms with Crippen molar-refractivity contribution < 1.29 is 14.5 Å². The van der Waals surface area contributed by atoms with Crippen LogP contribution in [0.15, 0.2) is 48.5 Å². The predicted molar refractivity (Wildman–Crippen MR) is 80.1 cm³/mol. The van der Waals surface area contributed by atoms with Crippen LogP contribution in [0, 0.1) is 20.5 Å². The molecule has 0 radical (unpaired) electrons. The molecule has 9 heteroatoms. The van der Waals surface area contributed by atoms with Gasteiger partial charge in [0.1, 0.15) is 0 Å². The van der Waals surface area contributed by atoms with Crippen LogP contribution in [0.1, 0.15) is 5.56 Å². The summed E-state index contributed by atoms with van der Waals surface area (Å²) in [4.78, 5) is 10.3. The highest BCUT2D eigenvalue weighted by Crippen LogP contribution is 2.16. The van der Waals surface area contributed by atoms with E-state index in [-0.39, 0.29) is 27.5 Å². The quantitative estimate of drug-likeness (QED) is 0.332. The van der Waals surface area contributed by atoms with Crippen molar-refractivity contribution in [3.05, 3.63) is 74.6 Å². The molecule has 0 amide bonds. The normalized spacial score (nSPS) is 10.6. The highest BCUT2D eigenvalue weighted by molar-refractivity contribution is 5.71. The number of nitro benzene ring substituents is 1. The Kier molecular flexibility index (Phi) is 3.59. The SMILES string of the molecule is O=[N+]([O-])c1ccc2c(c1)[n+]([O-])nc(NCc1ccccc1)[n+]2[O-]. The average molecular weight is 313 g/mol. The molecule has 0 aliphatic carbocycles. The molecule has 116 valence electrons. The summed E-state index contributed by atoms with van der Waals surface area (Å²) in [5.41, 5.74) is 0.458. The molecular weight excluding hydrogens is 302 g/mol. The van der Waals surface area contributed by atoms with E-state index in [9.17, 15) is 20.5 Å². The molecule has 9 nitrogen and oxygen atoms in total. The lowest BCUT2D eigenvalue weighted by Gasteiger charge is -2.09. The van der Waals surface area contributed by atoms with E-state index < -0.39 is 4.92 Å². The Morgan fingerprint density at radius 3 is 2.52 bits per heavy atom. The van der Waals surface area contributed by atoms with Gasteiger partial charge in [0.05, 0.1) is 17.5 Å². The van der Waals surface area contributed by atoms with E-state index in [1.807, 2.05) is 30.3 Å². The van der Waals surface area contributed by atoms with Gasteiger partial charge in [-0.25, -0.2) is 4.73 Å². The fourth-order valence-corrected chi connectivity index (χ4v) is 2.13. The van der Waals surface area contributed by atoms with Crippen molar-refractivity contribution in [2.24, 2.45) is 0 Å². The van der Waals surface area contributed by atoms with Crippen molar-refractivity contribution in [1.29, 1.82) is 0 Å². The Balaban J connectivity index is 1.97. The van der Waals surface area contributed by atoms with E-state index in [2.05, 4.69) is 10.4 Å². The molecule has 3 rings (SSSR count). The van der Waals surface area contributed by atoms with Gasteiger partial charge in [0, 0.05) is 10.9 Å². The maximum atomic E-state index is 12.3. The van der Waals surface area contributed by atoms with Gasteiger partial charge in [-0.05, 0) is 11.6 Å². The van der Waals surface area contributed by atoms with Gasteiger partial charge in [-0.1, -0.05) is 30.3 Å². The number of fused-ring (bicyclic) bond motifs is 1. The van der Waals surface area contributed by atoms with Gasteiger partial charge in [-0.3, -0.25) is 15.4 Å². The molecule has 3 aromatic rings. The fourth-order valence-electron chi connectivity index (χ4n) is 2.13. The summed E-state index contributed by atoms with van der Waals surface area (Å²) >= 11 is 0. The molecule has 0 fully saturated rings. The van der Waals surface area contributed by atoms with Gasteiger partial charge in [0.15, 0.2) is 5.52 Å². The van der Waals surface area contributed by atoms with Crippen LogP contribution in [0.3, 0.4) is 0 Å². The topological polar surface area (TPSA) is 122 Å². The first-order chi connectivity index (χ1) is 11.1. The Labute approximate surface area is 129 Å². The molecule has 2 aromatic carbocycles. The summed E-state index contributed by atoms with van der Waals surface area (Å²) in [6, 6.07) is 12.7. The number of anilines is 1. The first-order valence-electron chi connectivity index (χ1n) is 6.65. The Hall–Kier alpha value is -3.49. The Bertz CT molecular complexity index is 885. The third-order valence-electron chi connectivity index (χ3n) is 3.27. The van der Waals surface area contributed by atoms with E-state index >= 15 is 0 Å². The molecule has 0 bridgehead atoms. The lowest BCUT2D eigenvalue weighted by atomic mass is 10.2. The fraction of sp³-hybridized carbons (Fsp3) is 0.0714. The van der Waals surface area contributed by atoms with Gasteiger partial charge in [0.2, 0.25) is 5.10 Å². The van der Waals surface area contributed by atoms with Crippen LogP contribution in [-0.4, -0.2) is 10.0 Å². The molecular formula is C14H11N5O4. The number of hydrogen-bond acceptors (Lipinski definition) is 6. The Morgan fingerprint density at radius 1 is 1.09 bits per heavy atom. The average Bonchev–Trinajstić information content (AvgIpc) is 2.57. The molecule has 0 saturated carbocycles. The standard InChI is InChI=1S/C14H11N5O4/c20-17-12-7-6-11(19(22)23)8-13(12)18(21)16-14(17)15-9-10-4-2-1-3-5-10/h1-8H,9H2,(H,15,16). The maximum absolute atomic E-state index is 12.3. The van der Waals surface area contributed by atoms with E-state index in [0.717, 1.165) is 17.7 Å². The molecule has 1 heterocycles. The van der Waals surface area contributed by atoms with Crippen LogP contribution in [0.2, 0.25) is 0 Å². The van der Waals surface area contributed by atoms with Crippen molar-refractivity contribution in [1.82, 2.24) is 5.10 Å². The highest BCUT2D eigenvalue weighted by atomic mass is 16.6. The number of rotatable bonds is 4. The lowest BCUT2D eigenvalue weighted by molar-refractivity contribution is -0.672. The minimum Gasteiger partial charge on any atom is -0.739 e. The molecule has 23 heavy (non-hydrogen) atoms. The molecule has 0 aliphatic rings. The zero-order valence-electron chi connectivity index (χ0n) is 11.7. The summed E-state index contributed by atoms with van der Waals surface area (Å²) in [6.45, 7) is 0.314. The Morgan fingerprint density at radius 2 is 1.83 bits per heavy atom. The highest BCUT2D eigenvalue weighted by Gasteiger charge is 2.22. The first kappa shape index (κ1) is 14.4. The smallest absolute Gasteiger partial charge is 0.461 e. The summed E-state index contributed by atoms with van der Waals surface area (Å²) in [5.74, 6) is -0.176. The van der Waals surface area contributed by atoms with Crippen molar-refractivity contribution in [2.45, 2.75) is 6.54 Å². The predicted octanol–water partition coefficient (Wildman–Crippen LogP) is 1.02. The molecule has 0 saturated heterocycles. The van der Waals surface area contributed by atoms with Crippen molar-refractivity contribution in [3.8, 4) is 0 Å². The van der Waals surface area contributed by atoms with Gasteiger partial charge in [0.25, 0.3) is 5.69 Å².